The van der Waals surface area contributed by atoms with Gasteiger partial charge in [0.25, 0.3) is 0 Å². The second-order valence-corrected chi connectivity index (χ2v) is 7.43. The van der Waals surface area contributed by atoms with Crippen LogP contribution < -0.4 is 20.4 Å². The Balaban J connectivity index is 0.00000280. The largest absolute Gasteiger partial charge is 0.357 e. The Bertz CT molecular complexity index is 783. The molecule has 2 N–H and O–H groups in total. The van der Waals surface area contributed by atoms with Gasteiger partial charge in [0, 0.05) is 51.3 Å². The molecule has 1 aliphatic heterocycles. The van der Waals surface area contributed by atoms with Gasteiger partial charge in [0.2, 0.25) is 0 Å². The van der Waals surface area contributed by atoms with Gasteiger partial charge >= 0.3 is 0 Å². The third-order valence-corrected chi connectivity index (χ3v) is 5.29. The Morgan fingerprint density at radius 3 is 2.96 bits per heavy atom. The zero-order valence-corrected chi connectivity index (χ0v) is 19.5. The lowest BCUT2D eigenvalue weighted by Gasteiger charge is -2.19. The van der Waals surface area contributed by atoms with E-state index in [2.05, 4.69) is 25.6 Å². The van der Waals surface area contributed by atoms with Gasteiger partial charge < -0.3 is 20.4 Å². The first-order valence-electron chi connectivity index (χ1n) is 9.09. The van der Waals surface area contributed by atoms with E-state index in [1.165, 1.54) is 6.07 Å². The molecule has 28 heavy (non-hydrogen) atoms. The van der Waals surface area contributed by atoms with Crippen molar-refractivity contribution >= 4 is 52.2 Å². The van der Waals surface area contributed by atoms with Crippen molar-refractivity contribution in [3.8, 4) is 0 Å². The standard InChI is InChI=1S/C18H26FN7S.HI/c1-4-20-17(22-10-14-12-27-18(24-14)25(2)3)23-13-7-9-26(11-13)16-15(19)6-5-8-21-16;/h5-6,8,12-13H,4,7,9-11H2,1-3H3,(H2,20,22,23);1H. The van der Waals surface area contributed by atoms with Gasteiger partial charge in [-0.1, -0.05) is 0 Å². The van der Waals surface area contributed by atoms with Gasteiger partial charge in [-0.3, -0.25) is 0 Å². The molecule has 154 valence electrons. The number of aromatic nitrogens is 2. The Morgan fingerprint density at radius 2 is 2.29 bits per heavy atom. The lowest BCUT2D eigenvalue weighted by atomic mass is 10.3. The Labute approximate surface area is 186 Å². The summed E-state index contributed by atoms with van der Waals surface area (Å²) in [5.74, 6) is 0.895. The van der Waals surface area contributed by atoms with E-state index in [1.807, 2.05) is 36.2 Å². The molecule has 0 spiro atoms. The summed E-state index contributed by atoms with van der Waals surface area (Å²) in [6.45, 7) is 4.79. The molecular formula is C18H27FIN7S. The molecule has 0 bridgehead atoms. The average molecular weight is 519 g/mol. The third kappa shape index (κ3) is 5.90. The molecule has 1 saturated heterocycles. The molecule has 0 amide bonds. The first-order valence-corrected chi connectivity index (χ1v) is 9.96. The van der Waals surface area contributed by atoms with Gasteiger partial charge in [-0.15, -0.1) is 35.3 Å². The van der Waals surface area contributed by atoms with Crippen LogP contribution in [-0.4, -0.2) is 55.7 Å². The van der Waals surface area contributed by atoms with Crippen LogP contribution in [0.5, 0.6) is 0 Å². The maximum atomic E-state index is 13.9. The summed E-state index contributed by atoms with van der Waals surface area (Å²) in [6.07, 6.45) is 2.53. The molecule has 1 fully saturated rings. The first-order chi connectivity index (χ1) is 13.1. The lowest BCUT2D eigenvalue weighted by Crippen LogP contribution is -2.44. The second kappa shape index (κ2) is 10.7. The van der Waals surface area contributed by atoms with Crippen LogP contribution in [0.25, 0.3) is 0 Å². The van der Waals surface area contributed by atoms with Gasteiger partial charge in [-0.2, -0.15) is 0 Å². The number of hydrogen-bond acceptors (Lipinski definition) is 6. The summed E-state index contributed by atoms with van der Waals surface area (Å²) in [5, 5.41) is 9.72. The summed E-state index contributed by atoms with van der Waals surface area (Å²) in [6, 6.07) is 3.25. The maximum Gasteiger partial charge on any atom is 0.191 e. The molecule has 0 saturated carbocycles. The quantitative estimate of drug-likeness (QED) is 0.348. The molecule has 1 atom stereocenters. The fourth-order valence-electron chi connectivity index (χ4n) is 2.93. The predicted molar refractivity (Wildman–Crippen MR) is 125 cm³/mol. The summed E-state index contributed by atoms with van der Waals surface area (Å²) >= 11 is 1.61. The van der Waals surface area contributed by atoms with Crippen LogP contribution in [0, 0.1) is 5.82 Å². The summed E-state index contributed by atoms with van der Waals surface area (Å²) in [4.78, 5) is 17.3. The van der Waals surface area contributed by atoms with Gasteiger partial charge in [-0.25, -0.2) is 19.4 Å². The minimum Gasteiger partial charge on any atom is -0.357 e. The molecule has 2 aromatic rings. The van der Waals surface area contributed by atoms with Crippen molar-refractivity contribution in [2.45, 2.75) is 25.9 Å². The van der Waals surface area contributed by atoms with Crippen LogP contribution in [0.1, 0.15) is 19.0 Å². The summed E-state index contributed by atoms with van der Waals surface area (Å²) in [5.41, 5.74) is 0.949. The van der Waals surface area contributed by atoms with E-state index < -0.39 is 0 Å². The number of thiazole rings is 1. The van der Waals surface area contributed by atoms with Crippen LogP contribution in [-0.2, 0) is 6.54 Å². The minimum atomic E-state index is -0.279. The molecule has 3 heterocycles. The van der Waals surface area contributed by atoms with E-state index in [1.54, 1.807) is 23.6 Å². The van der Waals surface area contributed by atoms with Crippen molar-refractivity contribution in [1.29, 1.82) is 0 Å². The number of halogens is 2. The first kappa shape index (κ1) is 22.6. The number of guanidine groups is 1. The van der Waals surface area contributed by atoms with Gasteiger partial charge in [0.15, 0.2) is 22.7 Å². The van der Waals surface area contributed by atoms with Crippen LogP contribution in [0.3, 0.4) is 0 Å². The van der Waals surface area contributed by atoms with Crippen molar-refractivity contribution in [3.05, 3.63) is 35.2 Å². The number of rotatable bonds is 6. The molecule has 2 aromatic heterocycles. The molecule has 1 unspecified atom stereocenters. The van der Waals surface area contributed by atoms with E-state index >= 15 is 0 Å². The van der Waals surface area contributed by atoms with Crippen molar-refractivity contribution in [2.24, 2.45) is 4.99 Å². The van der Waals surface area contributed by atoms with Crippen LogP contribution in [0.2, 0.25) is 0 Å². The van der Waals surface area contributed by atoms with Gasteiger partial charge in [0.05, 0.1) is 12.2 Å². The Hall–Kier alpha value is -1.69. The second-order valence-electron chi connectivity index (χ2n) is 6.60. The van der Waals surface area contributed by atoms with Crippen molar-refractivity contribution < 1.29 is 4.39 Å². The number of pyridine rings is 1. The zero-order valence-electron chi connectivity index (χ0n) is 16.4. The number of anilines is 2. The van der Waals surface area contributed by atoms with E-state index in [-0.39, 0.29) is 35.8 Å². The Morgan fingerprint density at radius 1 is 1.46 bits per heavy atom. The SMILES string of the molecule is CCNC(=NCc1csc(N(C)C)n1)NC1CCN(c2ncccc2F)C1.I. The number of nitrogens with one attached hydrogen (secondary N) is 2. The predicted octanol–water partition coefficient (Wildman–Crippen LogP) is 2.70. The normalized spacial score (nSPS) is 16.6. The molecular weight excluding hydrogens is 492 g/mol. The molecule has 0 radical (unpaired) electrons. The molecule has 7 nitrogen and oxygen atoms in total. The number of nitrogens with zero attached hydrogens (tertiary/aromatic N) is 5. The average Bonchev–Trinajstić information content (AvgIpc) is 3.30. The highest BCUT2D eigenvalue weighted by molar-refractivity contribution is 14.0. The third-order valence-electron chi connectivity index (χ3n) is 4.23. The molecule has 0 aliphatic carbocycles. The highest BCUT2D eigenvalue weighted by atomic mass is 127. The fraction of sp³-hybridized carbons (Fsp3) is 0.500. The highest BCUT2D eigenvalue weighted by Gasteiger charge is 2.25. The van der Waals surface area contributed by atoms with Crippen LogP contribution in [0.15, 0.2) is 28.7 Å². The van der Waals surface area contributed by atoms with Crippen molar-refractivity contribution in [2.75, 3.05) is 43.5 Å². The highest BCUT2D eigenvalue weighted by Crippen LogP contribution is 2.21. The topological polar surface area (TPSA) is 68.7 Å². The van der Waals surface area contributed by atoms with Crippen LogP contribution >= 0.6 is 35.3 Å². The van der Waals surface area contributed by atoms with Crippen molar-refractivity contribution in [3.63, 3.8) is 0 Å². The van der Waals surface area contributed by atoms with Crippen LogP contribution in [0.4, 0.5) is 15.3 Å². The number of hydrogen-bond donors (Lipinski definition) is 2. The van der Waals surface area contributed by atoms with E-state index in [0.29, 0.717) is 18.9 Å². The minimum absolute atomic E-state index is 0. The van der Waals surface area contributed by atoms with Gasteiger partial charge in [0.1, 0.15) is 0 Å². The van der Waals surface area contributed by atoms with E-state index in [4.69, 9.17) is 0 Å². The number of aliphatic imine (C=N–C) groups is 1. The smallest absolute Gasteiger partial charge is 0.191 e. The zero-order chi connectivity index (χ0) is 19.2. The molecule has 0 aromatic carbocycles. The monoisotopic (exact) mass is 519 g/mol. The Kier molecular flexibility index (Phi) is 8.67. The maximum absolute atomic E-state index is 13.9. The fourth-order valence-corrected chi connectivity index (χ4v) is 3.68. The van der Waals surface area contributed by atoms with Gasteiger partial charge in [-0.05, 0) is 25.5 Å². The van der Waals surface area contributed by atoms with Crippen molar-refractivity contribution in [1.82, 2.24) is 20.6 Å². The lowest BCUT2D eigenvalue weighted by molar-refractivity contribution is 0.612. The molecule has 1 aliphatic rings. The molecule has 3 rings (SSSR count). The summed E-state index contributed by atoms with van der Waals surface area (Å²) in [7, 11) is 3.96. The molecule has 10 heteroatoms. The van der Waals surface area contributed by atoms with E-state index in [0.717, 1.165) is 36.3 Å². The van der Waals surface area contributed by atoms with E-state index in [9.17, 15) is 4.39 Å². The summed E-state index contributed by atoms with van der Waals surface area (Å²) < 4.78 is 13.9.